The summed E-state index contributed by atoms with van der Waals surface area (Å²) in [6, 6.07) is 2.34. The SMILES string of the molecule is CCc1cc(N2C[C@@H](NC(C)=O)[C@H](C3CC3)C2)nc(N2CCOCC2)n1. The smallest absolute Gasteiger partial charge is 0.227 e. The van der Waals surface area contributed by atoms with Crippen LogP contribution in [0.25, 0.3) is 0 Å². The van der Waals surface area contributed by atoms with Crippen molar-refractivity contribution in [2.75, 3.05) is 49.2 Å². The Morgan fingerprint density at radius 3 is 2.65 bits per heavy atom. The number of ether oxygens (including phenoxy) is 1. The van der Waals surface area contributed by atoms with Crippen molar-refractivity contribution in [3.05, 3.63) is 11.8 Å². The van der Waals surface area contributed by atoms with Gasteiger partial charge >= 0.3 is 0 Å². The number of amides is 1. The number of hydrogen-bond donors (Lipinski definition) is 1. The van der Waals surface area contributed by atoms with Gasteiger partial charge in [-0.25, -0.2) is 4.98 Å². The fourth-order valence-corrected chi connectivity index (χ4v) is 4.15. The van der Waals surface area contributed by atoms with E-state index in [1.165, 1.54) is 12.8 Å². The predicted octanol–water partition coefficient (Wildman–Crippen LogP) is 1.23. The zero-order valence-corrected chi connectivity index (χ0v) is 15.8. The van der Waals surface area contributed by atoms with E-state index in [2.05, 4.69) is 28.1 Å². The molecule has 1 N–H and O–H groups in total. The molecular weight excluding hydrogens is 330 g/mol. The number of anilines is 2. The number of nitrogens with zero attached hydrogens (tertiary/aromatic N) is 4. The maximum atomic E-state index is 11.6. The molecule has 0 aromatic carbocycles. The molecule has 7 heteroatoms. The highest BCUT2D eigenvalue weighted by Gasteiger charge is 2.43. The molecule has 26 heavy (non-hydrogen) atoms. The summed E-state index contributed by atoms with van der Waals surface area (Å²) in [7, 11) is 0. The minimum Gasteiger partial charge on any atom is -0.378 e. The summed E-state index contributed by atoms with van der Waals surface area (Å²) in [4.78, 5) is 25.8. The van der Waals surface area contributed by atoms with Crippen LogP contribution in [0.15, 0.2) is 6.07 Å². The Hall–Kier alpha value is -1.89. The van der Waals surface area contributed by atoms with E-state index in [9.17, 15) is 4.79 Å². The molecule has 0 spiro atoms. The Labute approximate surface area is 155 Å². The van der Waals surface area contributed by atoms with Gasteiger partial charge in [0.05, 0.1) is 19.3 Å². The van der Waals surface area contributed by atoms with Gasteiger partial charge in [0.15, 0.2) is 0 Å². The Kier molecular flexibility index (Phi) is 4.98. The fourth-order valence-electron chi connectivity index (χ4n) is 4.15. The van der Waals surface area contributed by atoms with Crippen LogP contribution in [0.1, 0.15) is 32.4 Å². The Morgan fingerprint density at radius 2 is 2.00 bits per heavy atom. The number of aryl methyl sites for hydroxylation is 1. The van der Waals surface area contributed by atoms with E-state index in [1.807, 2.05) is 0 Å². The van der Waals surface area contributed by atoms with Crippen LogP contribution >= 0.6 is 0 Å². The quantitative estimate of drug-likeness (QED) is 0.853. The minimum absolute atomic E-state index is 0.0634. The molecular formula is C19H29N5O2. The van der Waals surface area contributed by atoms with Gasteiger partial charge in [0.1, 0.15) is 5.82 Å². The van der Waals surface area contributed by atoms with E-state index in [0.717, 1.165) is 69.2 Å². The highest BCUT2D eigenvalue weighted by Crippen LogP contribution is 2.42. The lowest BCUT2D eigenvalue weighted by atomic mass is 9.98. The third-order valence-electron chi connectivity index (χ3n) is 5.72. The summed E-state index contributed by atoms with van der Waals surface area (Å²) in [6.45, 7) is 8.69. The van der Waals surface area contributed by atoms with Crippen molar-refractivity contribution in [2.45, 2.75) is 39.2 Å². The van der Waals surface area contributed by atoms with E-state index in [4.69, 9.17) is 14.7 Å². The van der Waals surface area contributed by atoms with E-state index in [-0.39, 0.29) is 11.9 Å². The summed E-state index contributed by atoms with van der Waals surface area (Å²) < 4.78 is 5.46. The van der Waals surface area contributed by atoms with Gasteiger partial charge in [-0.1, -0.05) is 6.92 Å². The van der Waals surface area contributed by atoms with Gasteiger partial charge in [-0.15, -0.1) is 0 Å². The van der Waals surface area contributed by atoms with Gasteiger partial charge in [0.25, 0.3) is 0 Å². The number of nitrogens with one attached hydrogen (secondary N) is 1. The second kappa shape index (κ2) is 7.39. The Morgan fingerprint density at radius 1 is 1.23 bits per heavy atom. The van der Waals surface area contributed by atoms with Crippen LogP contribution in [-0.4, -0.2) is 61.3 Å². The van der Waals surface area contributed by atoms with Crippen LogP contribution in [-0.2, 0) is 16.0 Å². The molecule has 2 aliphatic heterocycles. The number of rotatable bonds is 5. The normalized spacial score (nSPS) is 26.2. The summed E-state index contributed by atoms with van der Waals surface area (Å²) in [5.74, 6) is 3.16. The highest BCUT2D eigenvalue weighted by molar-refractivity contribution is 5.73. The molecule has 1 aliphatic carbocycles. The van der Waals surface area contributed by atoms with Crippen LogP contribution in [0.5, 0.6) is 0 Å². The first-order valence-corrected chi connectivity index (χ1v) is 9.86. The van der Waals surface area contributed by atoms with Crippen molar-refractivity contribution in [2.24, 2.45) is 11.8 Å². The molecule has 4 rings (SSSR count). The van der Waals surface area contributed by atoms with Crippen LogP contribution in [0, 0.1) is 11.8 Å². The maximum absolute atomic E-state index is 11.6. The fraction of sp³-hybridized carbons (Fsp3) is 0.737. The first-order valence-electron chi connectivity index (χ1n) is 9.86. The molecule has 0 radical (unpaired) electrons. The third kappa shape index (κ3) is 3.77. The predicted molar refractivity (Wildman–Crippen MR) is 100 cm³/mol. The monoisotopic (exact) mass is 359 g/mol. The lowest BCUT2D eigenvalue weighted by Gasteiger charge is -2.28. The van der Waals surface area contributed by atoms with Crippen LogP contribution in [0.2, 0.25) is 0 Å². The highest BCUT2D eigenvalue weighted by atomic mass is 16.5. The van der Waals surface area contributed by atoms with Gasteiger partial charge in [0, 0.05) is 50.8 Å². The number of carbonyl (C=O) groups excluding carboxylic acids is 1. The molecule has 0 bridgehead atoms. The maximum Gasteiger partial charge on any atom is 0.227 e. The number of carbonyl (C=O) groups is 1. The van der Waals surface area contributed by atoms with Crippen LogP contribution in [0.3, 0.4) is 0 Å². The topological polar surface area (TPSA) is 70.6 Å². The second-order valence-electron chi connectivity index (χ2n) is 7.68. The first-order chi connectivity index (χ1) is 12.6. The molecule has 3 aliphatic rings. The number of hydrogen-bond acceptors (Lipinski definition) is 6. The van der Waals surface area contributed by atoms with Gasteiger partial charge in [-0.3, -0.25) is 4.79 Å². The molecule has 2 saturated heterocycles. The minimum atomic E-state index is 0.0634. The molecule has 142 valence electrons. The average molecular weight is 359 g/mol. The lowest BCUT2D eigenvalue weighted by molar-refractivity contribution is -0.119. The van der Waals surface area contributed by atoms with Crippen molar-refractivity contribution >= 4 is 17.7 Å². The average Bonchev–Trinajstić information content (AvgIpc) is 3.42. The van der Waals surface area contributed by atoms with Crippen molar-refractivity contribution in [1.29, 1.82) is 0 Å². The molecule has 3 fully saturated rings. The Balaban J connectivity index is 1.57. The molecule has 1 aromatic heterocycles. The molecule has 2 atom stereocenters. The van der Waals surface area contributed by atoms with Gasteiger partial charge in [-0.05, 0) is 25.2 Å². The van der Waals surface area contributed by atoms with Gasteiger partial charge in [0.2, 0.25) is 11.9 Å². The standard InChI is InChI=1S/C19H29N5O2/c1-3-15-10-18(22-19(21-15)23-6-8-26-9-7-23)24-11-16(14-4-5-14)17(12-24)20-13(2)25/h10,14,16-17H,3-9,11-12H2,1-2H3,(H,20,25)/t16-,17+/m0/s1. The number of aromatic nitrogens is 2. The zero-order valence-electron chi connectivity index (χ0n) is 15.8. The summed E-state index contributed by atoms with van der Waals surface area (Å²) >= 11 is 0. The molecule has 1 aromatic rings. The molecule has 1 amide bonds. The van der Waals surface area contributed by atoms with E-state index in [0.29, 0.717) is 5.92 Å². The zero-order chi connectivity index (χ0) is 18.1. The van der Waals surface area contributed by atoms with Crippen LogP contribution < -0.4 is 15.1 Å². The largest absolute Gasteiger partial charge is 0.378 e. The third-order valence-corrected chi connectivity index (χ3v) is 5.72. The summed E-state index contributed by atoms with van der Waals surface area (Å²) in [5.41, 5.74) is 1.07. The first kappa shape index (κ1) is 17.5. The molecule has 3 heterocycles. The van der Waals surface area contributed by atoms with Crippen LogP contribution in [0.4, 0.5) is 11.8 Å². The van der Waals surface area contributed by atoms with Crippen molar-refractivity contribution in [3.63, 3.8) is 0 Å². The summed E-state index contributed by atoms with van der Waals surface area (Å²) in [6.07, 6.45) is 3.47. The molecule has 0 unspecified atom stereocenters. The molecule has 1 saturated carbocycles. The van der Waals surface area contributed by atoms with E-state index in [1.54, 1.807) is 6.92 Å². The summed E-state index contributed by atoms with van der Waals surface area (Å²) in [5, 5.41) is 3.17. The lowest BCUT2D eigenvalue weighted by Crippen LogP contribution is -2.40. The van der Waals surface area contributed by atoms with E-state index < -0.39 is 0 Å². The van der Waals surface area contributed by atoms with Gasteiger partial charge in [-0.2, -0.15) is 4.98 Å². The van der Waals surface area contributed by atoms with Crippen molar-refractivity contribution < 1.29 is 9.53 Å². The number of morpholine rings is 1. The van der Waals surface area contributed by atoms with Gasteiger partial charge < -0.3 is 19.9 Å². The second-order valence-corrected chi connectivity index (χ2v) is 7.68. The molecule has 7 nitrogen and oxygen atoms in total. The Bertz CT molecular complexity index is 657. The van der Waals surface area contributed by atoms with Crippen molar-refractivity contribution in [3.8, 4) is 0 Å². The van der Waals surface area contributed by atoms with Crippen molar-refractivity contribution in [1.82, 2.24) is 15.3 Å². The van der Waals surface area contributed by atoms with E-state index >= 15 is 0 Å².